The number of amides is 1. The van der Waals surface area contributed by atoms with E-state index in [1.54, 1.807) is 11.8 Å². The molecule has 2 heterocycles. The van der Waals surface area contributed by atoms with Gasteiger partial charge in [-0.2, -0.15) is 0 Å². The zero-order valence-electron chi connectivity index (χ0n) is 14.3. The highest BCUT2D eigenvalue weighted by Gasteiger charge is 2.30. The number of ether oxygens (including phenoxy) is 2. The van der Waals surface area contributed by atoms with E-state index in [-0.39, 0.29) is 11.9 Å². The first-order chi connectivity index (χ1) is 12.7. The summed E-state index contributed by atoms with van der Waals surface area (Å²) in [4.78, 5) is 15.8. The summed E-state index contributed by atoms with van der Waals surface area (Å²) in [6.45, 7) is 1.96. The lowest BCUT2D eigenvalue weighted by molar-refractivity contribution is -0.129. The van der Waals surface area contributed by atoms with Crippen molar-refractivity contribution < 1.29 is 14.3 Å². The third kappa shape index (κ3) is 3.79. The fourth-order valence-electron chi connectivity index (χ4n) is 3.44. The van der Waals surface area contributed by atoms with Gasteiger partial charge in [0.05, 0.1) is 11.8 Å². The number of rotatable bonds is 4. The summed E-state index contributed by atoms with van der Waals surface area (Å²) in [6.07, 6.45) is 2.01. The lowest BCUT2D eigenvalue weighted by Gasteiger charge is -2.26. The first kappa shape index (κ1) is 17.6. The predicted octanol–water partition coefficient (Wildman–Crippen LogP) is 4.57. The normalized spacial score (nSPS) is 18.8. The van der Waals surface area contributed by atoms with E-state index in [9.17, 15) is 4.79 Å². The van der Waals surface area contributed by atoms with Gasteiger partial charge in [0.15, 0.2) is 11.5 Å². The number of benzene rings is 2. The van der Waals surface area contributed by atoms with E-state index < -0.39 is 0 Å². The van der Waals surface area contributed by atoms with E-state index in [1.807, 2.05) is 41.3 Å². The standard InChI is InChI=1S/C20H20ClNO3S/c21-15-4-6-16(7-5-15)26-13-20(23)22-9-1-2-17(22)14-3-8-18-19(12-14)25-11-10-24-18/h3-8,12,17H,1-2,9-11,13H2. The van der Waals surface area contributed by atoms with Crippen LogP contribution in [0.2, 0.25) is 5.02 Å². The molecule has 2 aliphatic rings. The molecule has 26 heavy (non-hydrogen) atoms. The van der Waals surface area contributed by atoms with E-state index in [4.69, 9.17) is 21.1 Å². The molecule has 0 saturated carbocycles. The Balaban J connectivity index is 1.44. The molecule has 2 aliphatic heterocycles. The van der Waals surface area contributed by atoms with E-state index in [1.165, 1.54) is 0 Å². The van der Waals surface area contributed by atoms with Crippen molar-refractivity contribution in [3.8, 4) is 11.5 Å². The van der Waals surface area contributed by atoms with Crippen molar-refractivity contribution in [2.24, 2.45) is 0 Å². The minimum absolute atomic E-state index is 0.115. The van der Waals surface area contributed by atoms with Crippen LogP contribution < -0.4 is 9.47 Å². The highest BCUT2D eigenvalue weighted by Crippen LogP contribution is 2.38. The predicted molar refractivity (Wildman–Crippen MR) is 103 cm³/mol. The Bertz CT molecular complexity index is 796. The quantitative estimate of drug-likeness (QED) is 0.718. The molecule has 1 saturated heterocycles. The molecule has 4 rings (SSSR count). The zero-order chi connectivity index (χ0) is 17.9. The van der Waals surface area contributed by atoms with Gasteiger partial charge in [0, 0.05) is 16.5 Å². The molecule has 136 valence electrons. The van der Waals surface area contributed by atoms with Crippen LogP contribution in [0, 0.1) is 0 Å². The molecular formula is C20H20ClNO3S. The van der Waals surface area contributed by atoms with Gasteiger partial charge >= 0.3 is 0 Å². The summed E-state index contributed by atoms with van der Waals surface area (Å²) < 4.78 is 11.3. The average molecular weight is 390 g/mol. The molecule has 2 aromatic rings. The van der Waals surface area contributed by atoms with E-state index in [0.717, 1.165) is 41.3 Å². The maximum absolute atomic E-state index is 12.8. The van der Waals surface area contributed by atoms with Gasteiger partial charge < -0.3 is 14.4 Å². The summed E-state index contributed by atoms with van der Waals surface area (Å²) in [7, 11) is 0. The first-order valence-corrected chi connectivity index (χ1v) is 10.1. The summed E-state index contributed by atoms with van der Waals surface area (Å²) in [5.41, 5.74) is 1.12. The van der Waals surface area contributed by atoms with Crippen molar-refractivity contribution in [3.63, 3.8) is 0 Å². The van der Waals surface area contributed by atoms with Crippen molar-refractivity contribution in [2.75, 3.05) is 25.5 Å². The largest absolute Gasteiger partial charge is 0.486 e. The molecule has 0 spiro atoms. The number of fused-ring (bicyclic) bond motifs is 1. The van der Waals surface area contributed by atoms with Crippen LogP contribution in [0.15, 0.2) is 47.4 Å². The maximum atomic E-state index is 12.8. The van der Waals surface area contributed by atoms with Gasteiger partial charge in [-0.25, -0.2) is 0 Å². The molecule has 0 aromatic heterocycles. The van der Waals surface area contributed by atoms with Gasteiger partial charge in [-0.1, -0.05) is 17.7 Å². The Labute approximate surface area is 162 Å². The number of thioether (sulfide) groups is 1. The van der Waals surface area contributed by atoms with E-state index in [0.29, 0.717) is 24.0 Å². The Kier molecular flexibility index (Phi) is 5.27. The number of nitrogens with zero attached hydrogens (tertiary/aromatic N) is 1. The van der Waals surface area contributed by atoms with E-state index >= 15 is 0 Å². The van der Waals surface area contributed by atoms with Crippen LogP contribution in [-0.2, 0) is 4.79 Å². The third-order valence-electron chi connectivity index (χ3n) is 4.70. The van der Waals surface area contributed by atoms with Gasteiger partial charge in [0.1, 0.15) is 13.2 Å². The fraction of sp³-hybridized carbons (Fsp3) is 0.350. The van der Waals surface area contributed by atoms with Gasteiger partial charge in [0.25, 0.3) is 0 Å². The topological polar surface area (TPSA) is 38.8 Å². The van der Waals surface area contributed by atoms with Crippen molar-refractivity contribution in [2.45, 2.75) is 23.8 Å². The summed E-state index contributed by atoms with van der Waals surface area (Å²) in [6, 6.07) is 13.7. The lowest BCUT2D eigenvalue weighted by atomic mass is 10.0. The number of carbonyl (C=O) groups excluding carboxylic acids is 1. The number of likely N-dealkylation sites (tertiary alicyclic amines) is 1. The Morgan fingerprint density at radius 2 is 1.88 bits per heavy atom. The third-order valence-corrected chi connectivity index (χ3v) is 5.95. The van der Waals surface area contributed by atoms with Crippen LogP contribution >= 0.6 is 23.4 Å². The molecule has 0 radical (unpaired) electrons. The van der Waals surface area contributed by atoms with Crippen LogP contribution in [0.5, 0.6) is 11.5 Å². The van der Waals surface area contributed by atoms with Gasteiger partial charge in [0.2, 0.25) is 5.91 Å². The van der Waals surface area contributed by atoms with Crippen molar-refractivity contribution >= 4 is 29.3 Å². The Morgan fingerprint density at radius 3 is 2.69 bits per heavy atom. The zero-order valence-corrected chi connectivity index (χ0v) is 15.9. The molecular weight excluding hydrogens is 370 g/mol. The fourth-order valence-corrected chi connectivity index (χ4v) is 4.35. The molecule has 0 aliphatic carbocycles. The molecule has 6 heteroatoms. The molecule has 0 N–H and O–H groups in total. The SMILES string of the molecule is O=C(CSc1ccc(Cl)cc1)N1CCCC1c1ccc2c(c1)OCCO2. The highest BCUT2D eigenvalue weighted by atomic mass is 35.5. The lowest BCUT2D eigenvalue weighted by Crippen LogP contribution is -2.32. The first-order valence-electron chi connectivity index (χ1n) is 8.78. The van der Waals surface area contributed by atoms with Crippen molar-refractivity contribution in [1.29, 1.82) is 0 Å². The second kappa shape index (κ2) is 7.80. The molecule has 1 unspecified atom stereocenters. The number of hydrogen-bond acceptors (Lipinski definition) is 4. The summed E-state index contributed by atoms with van der Waals surface area (Å²) in [5.74, 6) is 2.17. The molecule has 0 bridgehead atoms. The van der Waals surface area contributed by atoms with Gasteiger partial charge in [-0.15, -0.1) is 11.8 Å². The minimum atomic E-state index is 0.115. The molecule has 1 atom stereocenters. The number of hydrogen-bond donors (Lipinski definition) is 0. The second-order valence-corrected chi connectivity index (χ2v) is 7.88. The summed E-state index contributed by atoms with van der Waals surface area (Å²) in [5, 5.41) is 0.707. The van der Waals surface area contributed by atoms with Crippen LogP contribution in [0.1, 0.15) is 24.4 Å². The Hall–Kier alpha value is -1.85. The van der Waals surface area contributed by atoms with Crippen molar-refractivity contribution in [1.82, 2.24) is 4.90 Å². The number of halogens is 1. The van der Waals surface area contributed by atoms with Crippen LogP contribution in [-0.4, -0.2) is 36.3 Å². The number of carbonyl (C=O) groups is 1. The maximum Gasteiger partial charge on any atom is 0.233 e. The monoisotopic (exact) mass is 389 g/mol. The van der Waals surface area contributed by atoms with Gasteiger partial charge in [-0.05, 0) is 54.8 Å². The van der Waals surface area contributed by atoms with Gasteiger partial charge in [-0.3, -0.25) is 4.79 Å². The van der Waals surface area contributed by atoms with Crippen LogP contribution in [0.4, 0.5) is 0 Å². The molecule has 1 amide bonds. The Morgan fingerprint density at radius 1 is 1.12 bits per heavy atom. The second-order valence-electron chi connectivity index (χ2n) is 6.39. The summed E-state index contributed by atoms with van der Waals surface area (Å²) >= 11 is 7.46. The smallest absolute Gasteiger partial charge is 0.233 e. The minimum Gasteiger partial charge on any atom is -0.486 e. The van der Waals surface area contributed by atoms with E-state index in [2.05, 4.69) is 6.07 Å². The van der Waals surface area contributed by atoms with Crippen LogP contribution in [0.25, 0.3) is 0 Å². The molecule has 4 nitrogen and oxygen atoms in total. The highest BCUT2D eigenvalue weighted by molar-refractivity contribution is 8.00. The molecule has 1 fully saturated rings. The van der Waals surface area contributed by atoms with Crippen molar-refractivity contribution in [3.05, 3.63) is 53.1 Å². The van der Waals surface area contributed by atoms with Crippen LogP contribution in [0.3, 0.4) is 0 Å². The average Bonchev–Trinajstić information content (AvgIpc) is 3.17. The molecule has 2 aromatic carbocycles.